The van der Waals surface area contributed by atoms with Crippen LogP contribution in [0.2, 0.25) is 0 Å². The number of aromatic nitrogens is 2. The Labute approximate surface area is 143 Å². The highest BCUT2D eigenvalue weighted by molar-refractivity contribution is 5.29. The summed E-state index contributed by atoms with van der Waals surface area (Å²) in [6, 6.07) is 8.37. The van der Waals surface area contributed by atoms with Crippen molar-refractivity contribution in [2.75, 3.05) is 13.7 Å². The van der Waals surface area contributed by atoms with Crippen LogP contribution in [0.3, 0.4) is 0 Å². The molecule has 0 saturated carbocycles. The van der Waals surface area contributed by atoms with E-state index in [-0.39, 0.29) is 6.04 Å². The van der Waals surface area contributed by atoms with Crippen molar-refractivity contribution in [3.05, 3.63) is 53.2 Å². The molecule has 8 heteroatoms. The molecule has 0 amide bonds. The molecule has 2 aromatic rings. The number of aliphatic hydroxyl groups is 1. The lowest BCUT2D eigenvalue weighted by Gasteiger charge is -2.24. The van der Waals surface area contributed by atoms with Crippen LogP contribution in [0.25, 0.3) is 0 Å². The largest absolute Gasteiger partial charge is 0.480 e. The normalized spacial score (nSPS) is 21.5. The second-order valence-corrected chi connectivity index (χ2v) is 6.03. The number of methoxy groups -OCH3 is 1. The average Bonchev–Trinajstić information content (AvgIpc) is 2.95. The van der Waals surface area contributed by atoms with Crippen LogP contribution in [0.4, 0.5) is 13.2 Å². The molecular formula is C17H18F3N3O2. The van der Waals surface area contributed by atoms with Crippen LogP contribution in [-0.4, -0.2) is 40.0 Å². The average molecular weight is 353 g/mol. The third-order valence-corrected chi connectivity index (χ3v) is 4.25. The fourth-order valence-corrected chi connectivity index (χ4v) is 3.07. The van der Waals surface area contributed by atoms with Crippen molar-refractivity contribution in [2.24, 2.45) is 0 Å². The van der Waals surface area contributed by atoms with Crippen molar-refractivity contribution < 1.29 is 23.0 Å². The third-order valence-electron chi connectivity index (χ3n) is 4.25. The molecule has 5 nitrogen and oxygen atoms in total. The van der Waals surface area contributed by atoms with E-state index in [0.717, 1.165) is 12.1 Å². The van der Waals surface area contributed by atoms with Crippen molar-refractivity contribution >= 4 is 0 Å². The smallest absolute Gasteiger partial charge is 0.416 e. The predicted octanol–water partition coefficient (Wildman–Crippen LogP) is 2.81. The molecule has 1 aliphatic heterocycles. The van der Waals surface area contributed by atoms with Gasteiger partial charge in [-0.15, -0.1) is 5.10 Å². The van der Waals surface area contributed by atoms with E-state index in [9.17, 15) is 18.3 Å². The van der Waals surface area contributed by atoms with Crippen LogP contribution in [0, 0.1) is 0 Å². The Morgan fingerprint density at radius 2 is 2.04 bits per heavy atom. The summed E-state index contributed by atoms with van der Waals surface area (Å²) in [5.74, 6) is 0.389. The first-order chi connectivity index (χ1) is 11.9. The number of alkyl halides is 3. The zero-order valence-electron chi connectivity index (χ0n) is 13.6. The Morgan fingerprint density at radius 3 is 2.68 bits per heavy atom. The van der Waals surface area contributed by atoms with Crippen molar-refractivity contribution in [1.29, 1.82) is 0 Å². The van der Waals surface area contributed by atoms with Gasteiger partial charge in [0.2, 0.25) is 5.88 Å². The summed E-state index contributed by atoms with van der Waals surface area (Å²) in [5, 5.41) is 17.9. The van der Waals surface area contributed by atoms with Crippen LogP contribution in [0.15, 0.2) is 36.4 Å². The zero-order chi connectivity index (χ0) is 18.0. The maximum absolute atomic E-state index is 13.0. The maximum Gasteiger partial charge on any atom is 0.416 e. The Balaban J connectivity index is 1.81. The highest BCUT2D eigenvalue weighted by Crippen LogP contribution is 2.36. The number of aliphatic hydroxyl groups excluding tert-OH is 1. The van der Waals surface area contributed by atoms with E-state index < -0.39 is 17.8 Å². The van der Waals surface area contributed by atoms with Crippen LogP contribution < -0.4 is 4.74 Å². The van der Waals surface area contributed by atoms with Crippen LogP contribution in [0.5, 0.6) is 5.88 Å². The van der Waals surface area contributed by atoms with Crippen molar-refractivity contribution in [3.8, 4) is 5.88 Å². The minimum Gasteiger partial charge on any atom is -0.480 e. The molecule has 2 atom stereocenters. The number of ether oxygens (including phenoxy) is 1. The number of rotatable bonds is 4. The SMILES string of the molecule is COc1ccc(CN2C[C@H](O)C[C@H]2c2cccc(C(F)(F)F)c2)nn1. The molecule has 1 aromatic heterocycles. The maximum atomic E-state index is 13.0. The molecule has 1 aromatic carbocycles. The molecule has 0 bridgehead atoms. The summed E-state index contributed by atoms with van der Waals surface area (Å²) in [7, 11) is 1.49. The van der Waals surface area contributed by atoms with Gasteiger partial charge in [-0.3, -0.25) is 4.90 Å². The number of benzene rings is 1. The highest BCUT2D eigenvalue weighted by Gasteiger charge is 2.35. The Bertz CT molecular complexity index is 722. The van der Waals surface area contributed by atoms with E-state index in [1.807, 2.05) is 4.90 Å². The lowest BCUT2D eigenvalue weighted by Crippen LogP contribution is -2.25. The lowest BCUT2D eigenvalue weighted by molar-refractivity contribution is -0.137. The summed E-state index contributed by atoms with van der Waals surface area (Å²) >= 11 is 0. The van der Waals surface area contributed by atoms with Gasteiger partial charge in [-0.1, -0.05) is 12.1 Å². The molecule has 3 rings (SSSR count). The van der Waals surface area contributed by atoms with Crippen molar-refractivity contribution in [1.82, 2.24) is 15.1 Å². The van der Waals surface area contributed by atoms with Gasteiger partial charge in [-0.2, -0.15) is 18.3 Å². The zero-order valence-corrected chi connectivity index (χ0v) is 13.6. The van der Waals surface area contributed by atoms with Gasteiger partial charge in [0.15, 0.2) is 0 Å². The molecule has 1 fully saturated rings. The fraction of sp³-hybridized carbons (Fsp3) is 0.412. The molecule has 25 heavy (non-hydrogen) atoms. The van der Waals surface area contributed by atoms with Gasteiger partial charge in [0.05, 0.1) is 24.5 Å². The number of hydrogen-bond acceptors (Lipinski definition) is 5. The van der Waals surface area contributed by atoms with Crippen LogP contribution in [0.1, 0.15) is 29.3 Å². The van der Waals surface area contributed by atoms with E-state index in [0.29, 0.717) is 36.6 Å². The number of likely N-dealkylation sites (tertiary alicyclic amines) is 1. The van der Waals surface area contributed by atoms with Gasteiger partial charge in [0.25, 0.3) is 0 Å². The fourth-order valence-electron chi connectivity index (χ4n) is 3.07. The van der Waals surface area contributed by atoms with Gasteiger partial charge in [-0.25, -0.2) is 0 Å². The lowest BCUT2D eigenvalue weighted by atomic mass is 10.0. The molecule has 1 saturated heterocycles. The third kappa shape index (κ3) is 4.08. The topological polar surface area (TPSA) is 58.5 Å². The summed E-state index contributed by atoms with van der Waals surface area (Å²) < 4.78 is 43.8. The Hall–Kier alpha value is -2.19. The molecule has 2 heterocycles. The van der Waals surface area contributed by atoms with E-state index in [4.69, 9.17) is 4.74 Å². The standard InChI is InChI=1S/C17H18F3N3O2/c1-25-16-6-5-13(21-22-16)9-23-10-14(24)8-15(23)11-3-2-4-12(7-11)17(18,19)20/h2-7,14-15,24H,8-10H2,1H3/t14-,15+/m1/s1. The number of nitrogens with zero attached hydrogens (tertiary/aromatic N) is 3. The van der Waals surface area contributed by atoms with E-state index in [1.54, 1.807) is 18.2 Å². The monoisotopic (exact) mass is 353 g/mol. The summed E-state index contributed by atoms with van der Waals surface area (Å²) in [6.07, 6.45) is -4.60. The van der Waals surface area contributed by atoms with Crippen LogP contribution >= 0.6 is 0 Å². The molecule has 134 valence electrons. The summed E-state index contributed by atoms with van der Waals surface area (Å²) in [4.78, 5) is 1.91. The number of β-amino-alcohol motifs (C(OH)–C–C–N with tert-alkyl or cyclic N) is 1. The first-order valence-electron chi connectivity index (χ1n) is 7.82. The first-order valence-corrected chi connectivity index (χ1v) is 7.82. The molecule has 0 aliphatic carbocycles. The molecule has 0 radical (unpaired) electrons. The van der Waals surface area contributed by atoms with E-state index in [1.165, 1.54) is 13.2 Å². The first kappa shape index (κ1) is 17.6. The Morgan fingerprint density at radius 1 is 1.24 bits per heavy atom. The van der Waals surface area contributed by atoms with Gasteiger partial charge in [-0.05, 0) is 30.2 Å². The van der Waals surface area contributed by atoms with E-state index >= 15 is 0 Å². The summed E-state index contributed by atoms with van der Waals surface area (Å²) in [5.41, 5.74) is 0.510. The highest BCUT2D eigenvalue weighted by atomic mass is 19.4. The van der Waals surface area contributed by atoms with Gasteiger partial charge < -0.3 is 9.84 Å². The summed E-state index contributed by atoms with van der Waals surface area (Å²) in [6.45, 7) is 0.754. The van der Waals surface area contributed by atoms with Gasteiger partial charge >= 0.3 is 6.18 Å². The second-order valence-electron chi connectivity index (χ2n) is 6.03. The van der Waals surface area contributed by atoms with E-state index in [2.05, 4.69) is 10.2 Å². The molecular weight excluding hydrogens is 335 g/mol. The quantitative estimate of drug-likeness (QED) is 0.916. The van der Waals surface area contributed by atoms with Crippen LogP contribution in [-0.2, 0) is 12.7 Å². The molecule has 0 unspecified atom stereocenters. The Kier molecular flexibility index (Phi) is 4.91. The minimum atomic E-state index is -4.39. The molecule has 0 spiro atoms. The molecule has 1 N–H and O–H groups in total. The molecule has 1 aliphatic rings. The minimum absolute atomic E-state index is 0.304. The van der Waals surface area contributed by atoms with Gasteiger partial charge in [0, 0.05) is 25.2 Å². The number of hydrogen-bond donors (Lipinski definition) is 1. The van der Waals surface area contributed by atoms with Crippen molar-refractivity contribution in [2.45, 2.75) is 31.3 Å². The van der Waals surface area contributed by atoms with Crippen molar-refractivity contribution in [3.63, 3.8) is 0 Å². The predicted molar refractivity (Wildman–Crippen MR) is 83.8 cm³/mol. The van der Waals surface area contributed by atoms with Gasteiger partial charge in [0.1, 0.15) is 0 Å². The second kappa shape index (κ2) is 6.97. The number of halogens is 3.